The van der Waals surface area contributed by atoms with Gasteiger partial charge in [0.15, 0.2) is 0 Å². The number of H-pyrrole nitrogens is 1. The Hall–Kier alpha value is -3.07. The second-order valence-electron chi connectivity index (χ2n) is 6.40. The number of amides is 1. The van der Waals surface area contributed by atoms with Crippen molar-refractivity contribution in [3.8, 4) is 0 Å². The Kier molecular flexibility index (Phi) is 3.57. The molecule has 1 N–H and O–H groups in total. The summed E-state index contributed by atoms with van der Waals surface area (Å²) in [5.41, 5.74) is 2.56. The van der Waals surface area contributed by atoms with E-state index in [9.17, 15) is 9.18 Å². The van der Waals surface area contributed by atoms with E-state index in [1.165, 1.54) is 17.4 Å². The van der Waals surface area contributed by atoms with E-state index in [1.807, 2.05) is 6.07 Å². The maximum Gasteiger partial charge on any atom is 0.273 e. The summed E-state index contributed by atoms with van der Waals surface area (Å²) < 4.78 is 16.5. The molecular weight excluding hydrogens is 367 g/mol. The van der Waals surface area contributed by atoms with Crippen molar-refractivity contribution in [3.63, 3.8) is 0 Å². The summed E-state index contributed by atoms with van der Waals surface area (Å²) in [7, 11) is 1.74. The molecule has 1 amide bonds. The molecule has 5 rings (SSSR count). The van der Waals surface area contributed by atoms with Crippen LogP contribution in [0.5, 0.6) is 0 Å². The predicted molar refractivity (Wildman–Crippen MR) is 98.0 cm³/mol. The van der Waals surface area contributed by atoms with Gasteiger partial charge in [0.1, 0.15) is 28.1 Å². The maximum atomic E-state index is 14.2. The molecule has 1 aliphatic rings. The summed E-state index contributed by atoms with van der Waals surface area (Å²) in [6.07, 6.45) is 3.90. The first-order valence-corrected chi connectivity index (χ1v) is 9.31. The van der Waals surface area contributed by atoms with Gasteiger partial charge in [0, 0.05) is 31.9 Å². The van der Waals surface area contributed by atoms with Crippen molar-refractivity contribution in [3.05, 3.63) is 64.7 Å². The summed E-state index contributed by atoms with van der Waals surface area (Å²) in [5.74, 6) is -0.508. The second-order valence-corrected chi connectivity index (χ2v) is 7.46. The zero-order chi connectivity index (χ0) is 18.5. The van der Waals surface area contributed by atoms with E-state index in [0.717, 1.165) is 16.1 Å². The molecule has 1 aromatic carbocycles. The number of nitrogens with zero attached hydrogens (tertiary/aromatic N) is 5. The van der Waals surface area contributed by atoms with Crippen molar-refractivity contribution in [2.45, 2.75) is 12.5 Å². The van der Waals surface area contributed by atoms with Crippen molar-refractivity contribution >= 4 is 27.5 Å². The van der Waals surface area contributed by atoms with E-state index >= 15 is 0 Å². The number of rotatable bonds is 2. The van der Waals surface area contributed by atoms with E-state index in [1.54, 1.807) is 41.3 Å². The van der Waals surface area contributed by atoms with Gasteiger partial charge in [-0.05, 0) is 18.2 Å². The van der Waals surface area contributed by atoms with E-state index in [0.29, 0.717) is 29.2 Å². The molecule has 7 nitrogen and oxygen atoms in total. The molecule has 136 valence electrons. The molecule has 0 bridgehead atoms. The highest BCUT2D eigenvalue weighted by Crippen LogP contribution is 2.38. The van der Waals surface area contributed by atoms with Crippen LogP contribution in [0.2, 0.25) is 0 Å². The lowest BCUT2D eigenvalue weighted by atomic mass is 10.0. The van der Waals surface area contributed by atoms with Gasteiger partial charge in [-0.1, -0.05) is 6.07 Å². The Morgan fingerprint density at radius 1 is 1.37 bits per heavy atom. The minimum atomic E-state index is -0.459. The fraction of sp³-hybridized carbons (Fsp3) is 0.222. The van der Waals surface area contributed by atoms with Crippen LogP contribution in [-0.4, -0.2) is 42.1 Å². The number of hydrogen-bond acceptors (Lipinski definition) is 5. The van der Waals surface area contributed by atoms with Gasteiger partial charge in [-0.3, -0.25) is 9.48 Å². The molecule has 4 aromatic rings. The molecule has 9 heteroatoms. The van der Waals surface area contributed by atoms with Crippen molar-refractivity contribution in [2.75, 3.05) is 6.54 Å². The summed E-state index contributed by atoms with van der Waals surface area (Å²) in [6, 6.07) is 6.13. The van der Waals surface area contributed by atoms with Gasteiger partial charge in [0.25, 0.3) is 5.91 Å². The number of para-hydroxylation sites is 1. The van der Waals surface area contributed by atoms with Crippen LogP contribution in [-0.2, 0) is 13.5 Å². The quantitative estimate of drug-likeness (QED) is 0.578. The molecule has 0 saturated heterocycles. The van der Waals surface area contributed by atoms with Crippen molar-refractivity contribution < 1.29 is 9.18 Å². The fourth-order valence-electron chi connectivity index (χ4n) is 3.53. The van der Waals surface area contributed by atoms with Crippen molar-refractivity contribution in [1.29, 1.82) is 0 Å². The van der Waals surface area contributed by atoms with Crippen molar-refractivity contribution in [1.82, 2.24) is 29.6 Å². The third-order valence-electron chi connectivity index (χ3n) is 4.85. The third kappa shape index (κ3) is 2.46. The summed E-state index contributed by atoms with van der Waals surface area (Å²) in [6.45, 7) is 0.516. The van der Waals surface area contributed by atoms with Crippen LogP contribution in [0.3, 0.4) is 0 Å². The van der Waals surface area contributed by atoms with Crippen LogP contribution in [0.1, 0.15) is 32.9 Å². The van der Waals surface area contributed by atoms with Crippen LogP contribution in [0.15, 0.2) is 36.8 Å². The number of fused-ring (bicyclic) bond motifs is 2. The zero-order valence-electron chi connectivity index (χ0n) is 14.4. The highest BCUT2D eigenvalue weighted by molar-refractivity contribution is 7.18. The number of carbonyl (C=O) groups excluding carboxylic acids is 1. The molecule has 1 atom stereocenters. The summed E-state index contributed by atoms with van der Waals surface area (Å²) in [4.78, 5) is 27.1. The largest absolute Gasteiger partial charge is 0.348 e. The monoisotopic (exact) mass is 382 g/mol. The Bertz CT molecular complexity index is 1160. The van der Waals surface area contributed by atoms with Crippen LogP contribution >= 0.6 is 11.3 Å². The lowest BCUT2D eigenvalue weighted by Crippen LogP contribution is -2.41. The first-order valence-electron chi connectivity index (χ1n) is 8.49. The minimum absolute atomic E-state index is 0.145. The van der Waals surface area contributed by atoms with Crippen molar-refractivity contribution in [2.24, 2.45) is 7.05 Å². The first kappa shape index (κ1) is 16.1. The average molecular weight is 382 g/mol. The molecule has 0 unspecified atom stereocenters. The van der Waals surface area contributed by atoms with E-state index in [2.05, 4.69) is 20.1 Å². The van der Waals surface area contributed by atoms with Gasteiger partial charge >= 0.3 is 0 Å². The molecule has 0 aliphatic carbocycles. The number of hydrogen-bond donors (Lipinski definition) is 1. The molecule has 0 spiro atoms. The van der Waals surface area contributed by atoms with Gasteiger partial charge in [0.05, 0.1) is 16.7 Å². The molecule has 3 aromatic heterocycles. The molecule has 27 heavy (non-hydrogen) atoms. The number of carbonyl (C=O) groups is 1. The minimum Gasteiger partial charge on any atom is -0.348 e. The van der Waals surface area contributed by atoms with Crippen LogP contribution in [0, 0.1) is 5.82 Å². The number of aromatic amines is 1. The Labute approximate surface area is 157 Å². The molecule has 0 fully saturated rings. The molecule has 0 radical (unpaired) electrons. The molecule has 1 aliphatic heterocycles. The SMILES string of the molecule is Cn1nccc1C(=O)N1CCc2[nH]cnc2[C@H]1c1nc2c(F)cccc2s1. The topological polar surface area (TPSA) is 79.7 Å². The van der Waals surface area contributed by atoms with Crippen LogP contribution in [0.25, 0.3) is 10.2 Å². The highest BCUT2D eigenvalue weighted by atomic mass is 32.1. The summed E-state index contributed by atoms with van der Waals surface area (Å²) in [5, 5.41) is 4.75. The van der Waals surface area contributed by atoms with E-state index in [-0.39, 0.29) is 11.7 Å². The number of nitrogens with one attached hydrogen (secondary N) is 1. The molecule has 4 heterocycles. The van der Waals surface area contributed by atoms with Gasteiger partial charge in [-0.15, -0.1) is 11.3 Å². The molecular formula is C18H15FN6OS. The Morgan fingerprint density at radius 2 is 2.26 bits per heavy atom. The van der Waals surface area contributed by atoms with Gasteiger partial charge < -0.3 is 9.88 Å². The standard InChI is InChI=1S/C18H15FN6OS/c1-24-12(5-7-22-24)18(26)25-8-6-11-15(21-9-20-11)16(25)17-23-14-10(19)3-2-4-13(14)27-17/h2-5,7,9,16H,6,8H2,1H3,(H,20,21)/t16-/m0/s1. The smallest absolute Gasteiger partial charge is 0.273 e. The number of benzene rings is 1. The van der Waals surface area contributed by atoms with E-state index < -0.39 is 6.04 Å². The molecule has 0 saturated carbocycles. The predicted octanol–water partition coefficient (Wildman–Crippen LogP) is 2.68. The second kappa shape index (κ2) is 5.98. The average Bonchev–Trinajstić information content (AvgIpc) is 3.39. The lowest BCUT2D eigenvalue weighted by molar-refractivity contribution is 0.0679. The van der Waals surface area contributed by atoms with E-state index in [4.69, 9.17) is 0 Å². The van der Waals surface area contributed by atoms with Crippen LogP contribution < -0.4 is 0 Å². The van der Waals surface area contributed by atoms with Gasteiger partial charge in [-0.2, -0.15) is 5.10 Å². The van der Waals surface area contributed by atoms with Gasteiger partial charge in [0.2, 0.25) is 0 Å². The summed E-state index contributed by atoms with van der Waals surface area (Å²) >= 11 is 1.39. The Morgan fingerprint density at radius 3 is 3.04 bits per heavy atom. The highest BCUT2D eigenvalue weighted by Gasteiger charge is 2.37. The fourth-order valence-corrected chi connectivity index (χ4v) is 4.62. The number of halogens is 1. The number of aryl methyl sites for hydroxylation is 1. The zero-order valence-corrected chi connectivity index (χ0v) is 15.2. The normalized spacial score (nSPS) is 16.7. The Balaban J connectivity index is 1.66. The lowest BCUT2D eigenvalue weighted by Gasteiger charge is -2.33. The number of imidazole rings is 1. The first-order chi connectivity index (χ1) is 13.1. The third-order valence-corrected chi connectivity index (χ3v) is 5.92. The number of aromatic nitrogens is 5. The number of thiazole rings is 1. The van der Waals surface area contributed by atoms with Gasteiger partial charge in [-0.25, -0.2) is 14.4 Å². The maximum absolute atomic E-state index is 14.2. The van der Waals surface area contributed by atoms with Crippen LogP contribution in [0.4, 0.5) is 4.39 Å².